The van der Waals surface area contributed by atoms with Crippen molar-refractivity contribution in [2.24, 2.45) is 0 Å². The van der Waals surface area contributed by atoms with Gasteiger partial charge in [0, 0.05) is 12.4 Å². The van der Waals surface area contributed by atoms with E-state index in [1.54, 1.807) is 6.20 Å². The van der Waals surface area contributed by atoms with Crippen LogP contribution in [0.5, 0.6) is 5.75 Å². The van der Waals surface area contributed by atoms with Crippen LogP contribution in [0.3, 0.4) is 0 Å². The lowest BCUT2D eigenvalue weighted by atomic mass is 10.2. The summed E-state index contributed by atoms with van der Waals surface area (Å²) < 4.78 is 7.46. The molecule has 18 heavy (non-hydrogen) atoms. The van der Waals surface area contributed by atoms with E-state index in [1.165, 1.54) is 0 Å². The van der Waals surface area contributed by atoms with Crippen LogP contribution in [0, 0.1) is 13.8 Å². The minimum absolute atomic E-state index is 0.279. The van der Waals surface area contributed by atoms with Gasteiger partial charge in [-0.3, -0.25) is 0 Å². The molecule has 0 bridgehead atoms. The van der Waals surface area contributed by atoms with Gasteiger partial charge in [-0.1, -0.05) is 12.1 Å². The molecule has 0 amide bonds. The Morgan fingerprint density at radius 1 is 1.39 bits per heavy atom. The largest absolute Gasteiger partial charge is 0.491 e. The minimum atomic E-state index is -0.543. The summed E-state index contributed by atoms with van der Waals surface area (Å²) in [5.74, 6) is 1.68. The third kappa shape index (κ3) is 3.34. The third-order valence-electron chi connectivity index (χ3n) is 2.76. The molecule has 1 N–H and O–H groups in total. The molecule has 1 heterocycles. The van der Waals surface area contributed by atoms with Gasteiger partial charge in [0.05, 0.1) is 6.54 Å². The van der Waals surface area contributed by atoms with Gasteiger partial charge in [0.1, 0.15) is 24.3 Å². The third-order valence-corrected chi connectivity index (χ3v) is 2.76. The van der Waals surface area contributed by atoms with Gasteiger partial charge in [0.15, 0.2) is 0 Å². The number of aliphatic hydroxyl groups excluding tert-OH is 1. The lowest BCUT2D eigenvalue weighted by molar-refractivity contribution is 0.0919. The first-order valence-electron chi connectivity index (χ1n) is 6.00. The van der Waals surface area contributed by atoms with E-state index in [9.17, 15) is 5.11 Å². The molecule has 0 aliphatic carbocycles. The van der Waals surface area contributed by atoms with Gasteiger partial charge in [-0.25, -0.2) is 4.98 Å². The number of hydrogen-bond acceptors (Lipinski definition) is 3. The van der Waals surface area contributed by atoms with E-state index >= 15 is 0 Å². The molecule has 0 aliphatic heterocycles. The van der Waals surface area contributed by atoms with Gasteiger partial charge in [-0.2, -0.15) is 0 Å². The second-order valence-corrected chi connectivity index (χ2v) is 4.41. The van der Waals surface area contributed by atoms with Crippen molar-refractivity contribution in [1.29, 1.82) is 0 Å². The lowest BCUT2D eigenvalue weighted by Gasteiger charge is -2.14. The second kappa shape index (κ2) is 5.69. The van der Waals surface area contributed by atoms with Crippen molar-refractivity contribution in [2.45, 2.75) is 26.5 Å². The zero-order valence-electron chi connectivity index (χ0n) is 10.7. The second-order valence-electron chi connectivity index (χ2n) is 4.41. The van der Waals surface area contributed by atoms with Crippen LogP contribution in [0.25, 0.3) is 0 Å². The molecule has 2 aromatic rings. The summed E-state index contributed by atoms with van der Waals surface area (Å²) in [6.45, 7) is 4.70. The van der Waals surface area contributed by atoms with Crippen molar-refractivity contribution in [2.75, 3.05) is 6.61 Å². The Hall–Kier alpha value is -1.81. The van der Waals surface area contributed by atoms with Crippen LogP contribution >= 0.6 is 0 Å². The Labute approximate surface area is 107 Å². The molecule has 0 saturated heterocycles. The van der Waals surface area contributed by atoms with Gasteiger partial charge in [-0.05, 0) is 31.5 Å². The quantitative estimate of drug-likeness (QED) is 0.877. The summed E-state index contributed by atoms with van der Waals surface area (Å²) in [7, 11) is 0. The fourth-order valence-corrected chi connectivity index (χ4v) is 1.77. The molecule has 0 unspecified atom stereocenters. The Bertz CT molecular complexity index is 508. The average Bonchev–Trinajstić information content (AvgIpc) is 2.73. The van der Waals surface area contributed by atoms with Crippen LogP contribution in [0.4, 0.5) is 0 Å². The van der Waals surface area contributed by atoms with Gasteiger partial charge >= 0.3 is 0 Å². The molecule has 0 radical (unpaired) electrons. The number of aromatic nitrogens is 2. The van der Waals surface area contributed by atoms with Crippen molar-refractivity contribution in [3.63, 3.8) is 0 Å². The van der Waals surface area contributed by atoms with Crippen LogP contribution in [0.15, 0.2) is 36.7 Å². The maximum Gasteiger partial charge on any atom is 0.119 e. The summed E-state index contributed by atoms with van der Waals surface area (Å²) in [5, 5.41) is 9.90. The van der Waals surface area contributed by atoms with Crippen molar-refractivity contribution in [3.05, 3.63) is 48.0 Å². The van der Waals surface area contributed by atoms with Gasteiger partial charge in [0.2, 0.25) is 0 Å². The zero-order chi connectivity index (χ0) is 13.0. The molecule has 1 aromatic carbocycles. The first-order valence-corrected chi connectivity index (χ1v) is 6.00. The fourth-order valence-electron chi connectivity index (χ4n) is 1.77. The number of aliphatic hydroxyl groups is 1. The Morgan fingerprint density at radius 2 is 2.22 bits per heavy atom. The predicted molar refractivity (Wildman–Crippen MR) is 69.6 cm³/mol. The molecule has 4 heteroatoms. The molecule has 0 spiro atoms. The number of ether oxygens (including phenoxy) is 1. The summed E-state index contributed by atoms with van der Waals surface area (Å²) in [4.78, 5) is 4.11. The molecule has 0 aliphatic rings. The maximum atomic E-state index is 9.90. The monoisotopic (exact) mass is 246 g/mol. The number of nitrogens with zero attached hydrogens (tertiary/aromatic N) is 2. The highest BCUT2D eigenvalue weighted by Gasteiger charge is 2.08. The van der Waals surface area contributed by atoms with E-state index in [0.29, 0.717) is 6.54 Å². The average molecular weight is 246 g/mol. The predicted octanol–water partition coefficient (Wildman–Crippen LogP) is 1.94. The zero-order valence-corrected chi connectivity index (χ0v) is 10.7. The first-order chi connectivity index (χ1) is 8.65. The van der Waals surface area contributed by atoms with E-state index in [1.807, 2.05) is 48.9 Å². The summed E-state index contributed by atoms with van der Waals surface area (Å²) >= 11 is 0. The fraction of sp³-hybridized carbons (Fsp3) is 0.357. The van der Waals surface area contributed by atoms with Crippen LogP contribution in [0.2, 0.25) is 0 Å². The van der Waals surface area contributed by atoms with Crippen molar-refractivity contribution >= 4 is 0 Å². The van der Waals surface area contributed by atoms with Crippen LogP contribution in [0.1, 0.15) is 11.4 Å². The number of benzene rings is 1. The normalized spacial score (nSPS) is 12.4. The number of imidazole rings is 1. The standard InChI is InChI=1S/C14H18N2O2/c1-11-4-3-5-14(8-11)18-10-13(17)9-16-7-6-15-12(16)2/h3-8,13,17H,9-10H2,1-2H3/t13-/m0/s1. The van der Waals surface area contributed by atoms with Gasteiger partial charge < -0.3 is 14.4 Å². The van der Waals surface area contributed by atoms with Crippen LogP contribution in [-0.4, -0.2) is 27.4 Å². The number of aryl methyl sites for hydroxylation is 2. The number of rotatable bonds is 5. The lowest BCUT2D eigenvalue weighted by Crippen LogP contribution is -2.23. The highest BCUT2D eigenvalue weighted by atomic mass is 16.5. The number of hydrogen-bond donors (Lipinski definition) is 1. The van der Waals surface area contributed by atoms with E-state index in [0.717, 1.165) is 17.1 Å². The first kappa shape index (κ1) is 12.6. The maximum absolute atomic E-state index is 9.90. The highest BCUT2D eigenvalue weighted by molar-refractivity contribution is 5.27. The molecule has 1 aromatic heterocycles. The Balaban J connectivity index is 1.85. The van der Waals surface area contributed by atoms with E-state index in [4.69, 9.17) is 4.74 Å². The smallest absolute Gasteiger partial charge is 0.119 e. The Morgan fingerprint density at radius 3 is 2.89 bits per heavy atom. The van der Waals surface area contributed by atoms with Crippen LogP contribution in [-0.2, 0) is 6.54 Å². The molecule has 4 nitrogen and oxygen atoms in total. The molecule has 2 rings (SSSR count). The molecule has 0 fully saturated rings. The summed E-state index contributed by atoms with van der Waals surface area (Å²) in [5.41, 5.74) is 1.15. The topological polar surface area (TPSA) is 47.3 Å². The van der Waals surface area contributed by atoms with E-state index in [2.05, 4.69) is 4.98 Å². The molecule has 1 atom stereocenters. The van der Waals surface area contributed by atoms with Crippen molar-refractivity contribution < 1.29 is 9.84 Å². The van der Waals surface area contributed by atoms with Gasteiger partial charge in [-0.15, -0.1) is 0 Å². The summed E-state index contributed by atoms with van der Waals surface area (Å²) in [6.07, 6.45) is 3.03. The molecule has 96 valence electrons. The van der Waals surface area contributed by atoms with E-state index in [-0.39, 0.29) is 6.61 Å². The van der Waals surface area contributed by atoms with Crippen molar-refractivity contribution in [3.8, 4) is 5.75 Å². The molecule has 0 saturated carbocycles. The molecular formula is C14H18N2O2. The van der Waals surface area contributed by atoms with Crippen molar-refractivity contribution in [1.82, 2.24) is 9.55 Å². The SMILES string of the molecule is Cc1cccc(OC[C@@H](O)Cn2ccnc2C)c1. The van der Waals surface area contributed by atoms with Gasteiger partial charge in [0.25, 0.3) is 0 Å². The van der Waals surface area contributed by atoms with E-state index < -0.39 is 6.10 Å². The molecular weight excluding hydrogens is 228 g/mol. The Kier molecular flexibility index (Phi) is 3.99. The van der Waals surface area contributed by atoms with Crippen LogP contribution < -0.4 is 4.74 Å². The highest BCUT2D eigenvalue weighted by Crippen LogP contribution is 2.12. The summed E-state index contributed by atoms with van der Waals surface area (Å²) in [6, 6.07) is 7.80. The minimum Gasteiger partial charge on any atom is -0.491 e.